The minimum atomic E-state index is -0.614. The second-order valence-electron chi connectivity index (χ2n) is 3.81. The number of nitrogens with zero attached hydrogens (tertiary/aromatic N) is 1. The van der Waals surface area contributed by atoms with Crippen LogP contribution in [-0.4, -0.2) is 9.55 Å². The van der Waals surface area contributed by atoms with Crippen LogP contribution in [0.4, 0.5) is 0 Å². The molecule has 100 valence electrons. The molecule has 0 fully saturated rings. The van der Waals surface area contributed by atoms with Gasteiger partial charge in [0.2, 0.25) is 0 Å². The molecular formula is C12H9BrCl2N2O2. The van der Waals surface area contributed by atoms with Crippen LogP contribution in [0.25, 0.3) is 5.69 Å². The molecule has 2 aromatic rings. The van der Waals surface area contributed by atoms with Gasteiger partial charge in [0.15, 0.2) is 0 Å². The maximum Gasteiger partial charge on any atom is 0.334 e. The Labute approximate surface area is 127 Å². The van der Waals surface area contributed by atoms with E-state index in [1.54, 1.807) is 25.1 Å². The van der Waals surface area contributed by atoms with Gasteiger partial charge in [-0.1, -0.05) is 46.1 Å². The summed E-state index contributed by atoms with van der Waals surface area (Å²) in [5.74, 6) is 0. The summed E-state index contributed by atoms with van der Waals surface area (Å²) in [6, 6.07) is 4.91. The summed E-state index contributed by atoms with van der Waals surface area (Å²) in [5.41, 5.74) is -0.403. The maximum absolute atomic E-state index is 12.3. The van der Waals surface area contributed by atoms with E-state index in [0.717, 1.165) is 9.04 Å². The highest BCUT2D eigenvalue weighted by molar-refractivity contribution is 9.10. The molecule has 2 rings (SSSR count). The average Bonchev–Trinajstić information content (AvgIpc) is 2.31. The summed E-state index contributed by atoms with van der Waals surface area (Å²) in [4.78, 5) is 26.6. The fourth-order valence-corrected chi connectivity index (χ4v) is 2.79. The van der Waals surface area contributed by atoms with Gasteiger partial charge in [0.25, 0.3) is 5.56 Å². The lowest BCUT2D eigenvalue weighted by atomic mass is 10.2. The van der Waals surface area contributed by atoms with Gasteiger partial charge >= 0.3 is 5.69 Å². The molecule has 1 N–H and O–H groups in total. The number of benzene rings is 1. The van der Waals surface area contributed by atoms with Crippen LogP contribution in [0.1, 0.15) is 12.5 Å². The monoisotopic (exact) mass is 362 g/mol. The van der Waals surface area contributed by atoms with Crippen molar-refractivity contribution in [2.75, 3.05) is 0 Å². The molecule has 0 atom stereocenters. The third-order valence-corrected chi connectivity index (χ3v) is 3.77. The number of halogens is 3. The Morgan fingerprint density at radius 3 is 2.58 bits per heavy atom. The zero-order valence-corrected chi connectivity index (χ0v) is 12.9. The van der Waals surface area contributed by atoms with Crippen molar-refractivity contribution in [2.45, 2.75) is 13.3 Å². The van der Waals surface area contributed by atoms with Gasteiger partial charge in [-0.2, -0.15) is 0 Å². The van der Waals surface area contributed by atoms with Crippen LogP contribution in [0.5, 0.6) is 0 Å². The zero-order valence-electron chi connectivity index (χ0n) is 9.84. The zero-order chi connectivity index (χ0) is 14.2. The van der Waals surface area contributed by atoms with Gasteiger partial charge in [0.05, 0.1) is 16.3 Å². The van der Waals surface area contributed by atoms with Crippen molar-refractivity contribution in [1.29, 1.82) is 0 Å². The molecule has 1 aromatic carbocycles. The molecule has 0 saturated heterocycles. The molecule has 1 heterocycles. The Morgan fingerprint density at radius 1 is 1.32 bits per heavy atom. The van der Waals surface area contributed by atoms with Crippen molar-refractivity contribution in [2.24, 2.45) is 0 Å². The minimum Gasteiger partial charge on any atom is -0.297 e. The molecule has 7 heteroatoms. The van der Waals surface area contributed by atoms with E-state index in [1.165, 1.54) is 0 Å². The first kappa shape index (κ1) is 14.4. The van der Waals surface area contributed by atoms with E-state index in [4.69, 9.17) is 23.2 Å². The van der Waals surface area contributed by atoms with Gasteiger partial charge in [0.1, 0.15) is 5.15 Å². The topological polar surface area (TPSA) is 54.9 Å². The summed E-state index contributed by atoms with van der Waals surface area (Å²) in [6.07, 6.45) is 0.419. The van der Waals surface area contributed by atoms with Gasteiger partial charge in [-0.15, -0.1) is 0 Å². The molecular weight excluding hydrogens is 355 g/mol. The Morgan fingerprint density at radius 2 is 2.00 bits per heavy atom. The molecule has 0 aliphatic heterocycles. The molecule has 0 unspecified atom stereocenters. The van der Waals surface area contributed by atoms with Crippen LogP contribution in [-0.2, 0) is 6.42 Å². The van der Waals surface area contributed by atoms with Crippen molar-refractivity contribution < 1.29 is 0 Å². The lowest BCUT2D eigenvalue weighted by Crippen LogP contribution is -2.36. The van der Waals surface area contributed by atoms with Crippen LogP contribution in [0.15, 0.2) is 32.3 Å². The molecule has 0 saturated carbocycles. The normalized spacial score (nSPS) is 10.7. The van der Waals surface area contributed by atoms with E-state index in [1.807, 2.05) is 0 Å². The first-order valence-corrected chi connectivity index (χ1v) is 6.99. The predicted molar refractivity (Wildman–Crippen MR) is 79.8 cm³/mol. The van der Waals surface area contributed by atoms with Crippen molar-refractivity contribution in [3.63, 3.8) is 0 Å². The van der Waals surface area contributed by atoms with Gasteiger partial charge in [-0.3, -0.25) is 9.78 Å². The Balaban J connectivity index is 2.83. The van der Waals surface area contributed by atoms with Crippen LogP contribution in [0.2, 0.25) is 10.2 Å². The first-order chi connectivity index (χ1) is 8.95. The van der Waals surface area contributed by atoms with Crippen LogP contribution in [0.3, 0.4) is 0 Å². The number of rotatable bonds is 2. The average molecular weight is 364 g/mol. The molecule has 0 aliphatic rings. The lowest BCUT2D eigenvalue weighted by Gasteiger charge is -2.09. The number of hydrogen-bond donors (Lipinski definition) is 1. The number of hydrogen-bond acceptors (Lipinski definition) is 2. The summed E-state index contributed by atoms with van der Waals surface area (Å²) in [5, 5.41) is 0.369. The Bertz CT molecular complexity index is 752. The van der Waals surface area contributed by atoms with Crippen molar-refractivity contribution in [1.82, 2.24) is 9.55 Å². The maximum atomic E-state index is 12.3. The standard InChI is InChI=1S/C12H9BrCl2N2O2/c1-2-7-10(15)16-12(19)17(11(7)18)9-4-3-6(13)5-8(9)14/h3-5H,2H2,1H3,(H,16,19). The van der Waals surface area contributed by atoms with Gasteiger partial charge in [-0.05, 0) is 24.6 Å². The SMILES string of the molecule is CCc1c(Cl)[nH]c(=O)n(-c2ccc(Br)cc2Cl)c1=O. The third-order valence-electron chi connectivity index (χ3n) is 2.65. The van der Waals surface area contributed by atoms with Gasteiger partial charge in [0, 0.05) is 4.47 Å². The van der Waals surface area contributed by atoms with E-state index in [9.17, 15) is 9.59 Å². The largest absolute Gasteiger partial charge is 0.334 e. The van der Waals surface area contributed by atoms with Crippen LogP contribution in [0, 0.1) is 0 Å². The van der Waals surface area contributed by atoms with Crippen molar-refractivity contribution in [3.8, 4) is 5.69 Å². The van der Waals surface area contributed by atoms with Crippen LogP contribution >= 0.6 is 39.1 Å². The minimum absolute atomic E-state index is 0.0713. The Kier molecular flexibility index (Phi) is 4.18. The number of aromatic amines is 1. The smallest absolute Gasteiger partial charge is 0.297 e. The number of H-pyrrole nitrogens is 1. The molecule has 0 radical (unpaired) electrons. The highest BCUT2D eigenvalue weighted by atomic mass is 79.9. The molecule has 19 heavy (non-hydrogen) atoms. The second-order valence-corrected chi connectivity index (χ2v) is 5.51. The summed E-state index contributed by atoms with van der Waals surface area (Å²) >= 11 is 15.2. The predicted octanol–water partition coefficient (Wildman–Crippen LogP) is 3.16. The van der Waals surface area contributed by atoms with Crippen molar-refractivity contribution in [3.05, 3.63) is 59.2 Å². The van der Waals surface area contributed by atoms with E-state index < -0.39 is 11.2 Å². The van der Waals surface area contributed by atoms with Gasteiger partial charge in [-0.25, -0.2) is 9.36 Å². The summed E-state index contributed by atoms with van der Waals surface area (Å²) in [7, 11) is 0. The molecule has 0 spiro atoms. The second kappa shape index (κ2) is 5.53. The Hall–Kier alpha value is -1.04. The summed E-state index contributed by atoms with van der Waals surface area (Å²) < 4.78 is 1.75. The van der Waals surface area contributed by atoms with Crippen LogP contribution < -0.4 is 11.2 Å². The fourth-order valence-electron chi connectivity index (χ4n) is 1.73. The molecule has 0 aliphatic carbocycles. The fraction of sp³-hybridized carbons (Fsp3) is 0.167. The van der Waals surface area contributed by atoms with E-state index in [2.05, 4.69) is 20.9 Å². The highest BCUT2D eigenvalue weighted by Crippen LogP contribution is 2.23. The number of aromatic nitrogens is 2. The molecule has 0 bridgehead atoms. The van der Waals surface area contributed by atoms with E-state index in [0.29, 0.717) is 22.7 Å². The lowest BCUT2D eigenvalue weighted by molar-refractivity contribution is 0.842. The molecule has 1 aromatic heterocycles. The highest BCUT2D eigenvalue weighted by Gasteiger charge is 2.14. The summed E-state index contributed by atoms with van der Waals surface area (Å²) in [6.45, 7) is 1.79. The number of nitrogens with one attached hydrogen (secondary N) is 1. The molecule has 4 nitrogen and oxygen atoms in total. The van der Waals surface area contributed by atoms with E-state index in [-0.39, 0.29) is 5.15 Å². The quantitative estimate of drug-likeness (QED) is 0.833. The third kappa shape index (κ3) is 2.63. The van der Waals surface area contributed by atoms with E-state index >= 15 is 0 Å². The first-order valence-electron chi connectivity index (χ1n) is 5.44. The van der Waals surface area contributed by atoms with Crippen molar-refractivity contribution >= 4 is 39.1 Å². The van der Waals surface area contributed by atoms with Gasteiger partial charge < -0.3 is 0 Å². The molecule has 0 amide bonds.